The van der Waals surface area contributed by atoms with E-state index in [4.69, 9.17) is 21.1 Å². The molecule has 0 heterocycles. The molecule has 0 spiro atoms. The highest BCUT2D eigenvalue weighted by molar-refractivity contribution is 7.91. The minimum atomic E-state index is -4.69. The summed E-state index contributed by atoms with van der Waals surface area (Å²) in [5.74, 6) is -3.55. The highest BCUT2D eigenvalue weighted by Gasteiger charge is 2.26. The van der Waals surface area contributed by atoms with Crippen LogP contribution in [0.5, 0.6) is 11.5 Å². The molecule has 2 aromatic carbocycles. The summed E-state index contributed by atoms with van der Waals surface area (Å²) in [6, 6.07) is 7.16. The maximum absolute atomic E-state index is 12.5. The van der Waals surface area contributed by atoms with Crippen LogP contribution in [0.4, 0.5) is 14.5 Å². The molecule has 0 saturated heterocycles. The summed E-state index contributed by atoms with van der Waals surface area (Å²) in [5.41, 5.74) is 0.381. The van der Waals surface area contributed by atoms with Crippen molar-refractivity contribution in [2.75, 3.05) is 19.5 Å². The highest BCUT2D eigenvalue weighted by Crippen LogP contribution is 2.36. The lowest BCUT2D eigenvalue weighted by Gasteiger charge is -2.12. The Morgan fingerprint density at radius 2 is 1.73 bits per heavy atom. The number of benzene rings is 2. The van der Waals surface area contributed by atoms with Crippen molar-refractivity contribution < 1.29 is 31.5 Å². The fourth-order valence-corrected chi connectivity index (χ4v) is 3.09. The standard InChI is InChI=1S/C16H14ClF2NO5S/c1-24-13-8-9(7-12(17)14(13)25-2)15(21)20-10-3-5-11(6-4-10)26(22,23)16(18)19/h3-8,16H,1-2H3,(H,20,21). The monoisotopic (exact) mass is 405 g/mol. The fraction of sp³-hybridized carbons (Fsp3) is 0.188. The van der Waals surface area contributed by atoms with Crippen LogP contribution in [0.15, 0.2) is 41.3 Å². The summed E-state index contributed by atoms with van der Waals surface area (Å²) in [6.45, 7) is 0. The zero-order valence-corrected chi connectivity index (χ0v) is 15.2. The van der Waals surface area contributed by atoms with E-state index in [1.165, 1.54) is 38.5 Å². The lowest BCUT2D eigenvalue weighted by molar-refractivity contribution is 0.102. The maximum Gasteiger partial charge on any atom is 0.341 e. The molecule has 0 unspecified atom stereocenters. The molecule has 0 fully saturated rings. The summed E-state index contributed by atoms with van der Waals surface area (Å²) in [7, 11) is -1.90. The van der Waals surface area contributed by atoms with Gasteiger partial charge in [0.15, 0.2) is 11.5 Å². The van der Waals surface area contributed by atoms with E-state index >= 15 is 0 Å². The summed E-state index contributed by atoms with van der Waals surface area (Å²) < 4.78 is 58.0. The molecule has 2 aromatic rings. The number of alkyl halides is 2. The van der Waals surface area contributed by atoms with Gasteiger partial charge in [-0.2, -0.15) is 8.78 Å². The van der Waals surface area contributed by atoms with E-state index < -0.39 is 26.4 Å². The number of hydrogen-bond acceptors (Lipinski definition) is 5. The molecular weight excluding hydrogens is 392 g/mol. The molecule has 0 radical (unpaired) electrons. The number of sulfone groups is 1. The minimum Gasteiger partial charge on any atom is -0.493 e. The number of rotatable bonds is 6. The van der Waals surface area contributed by atoms with E-state index in [1.54, 1.807) is 0 Å². The topological polar surface area (TPSA) is 81.7 Å². The smallest absolute Gasteiger partial charge is 0.341 e. The van der Waals surface area contributed by atoms with Crippen LogP contribution >= 0.6 is 11.6 Å². The molecule has 26 heavy (non-hydrogen) atoms. The first-order chi connectivity index (χ1) is 12.2. The summed E-state index contributed by atoms with van der Waals surface area (Å²) in [5, 5.41) is 2.67. The third-order valence-corrected chi connectivity index (χ3v) is 5.05. The van der Waals surface area contributed by atoms with Crippen molar-refractivity contribution >= 4 is 33.0 Å². The average Bonchev–Trinajstić information content (AvgIpc) is 2.61. The number of carbonyl (C=O) groups is 1. The SMILES string of the molecule is COc1cc(C(=O)Nc2ccc(S(=O)(=O)C(F)F)cc2)cc(Cl)c1OC. The van der Waals surface area contributed by atoms with Crippen LogP contribution in [0, 0.1) is 0 Å². The lowest BCUT2D eigenvalue weighted by atomic mass is 10.1. The molecule has 0 aliphatic rings. The third-order valence-electron chi connectivity index (χ3n) is 3.37. The minimum absolute atomic E-state index is 0.162. The van der Waals surface area contributed by atoms with Crippen LogP contribution < -0.4 is 14.8 Å². The maximum atomic E-state index is 12.5. The Kier molecular flexibility index (Phi) is 6.04. The van der Waals surface area contributed by atoms with Crippen LogP contribution in [-0.4, -0.2) is 34.3 Å². The first kappa shape index (κ1) is 19.9. The molecule has 0 bridgehead atoms. The first-order valence-electron chi connectivity index (χ1n) is 7.05. The summed E-state index contributed by atoms with van der Waals surface area (Å²) >= 11 is 6.04. The zero-order valence-electron chi connectivity index (χ0n) is 13.6. The van der Waals surface area contributed by atoms with Crippen LogP contribution in [0.3, 0.4) is 0 Å². The van der Waals surface area contributed by atoms with Gasteiger partial charge in [0.1, 0.15) is 0 Å². The quantitative estimate of drug-likeness (QED) is 0.794. The van der Waals surface area contributed by atoms with Gasteiger partial charge in [-0.25, -0.2) is 8.42 Å². The Hall–Kier alpha value is -2.39. The lowest BCUT2D eigenvalue weighted by Crippen LogP contribution is -2.13. The molecule has 6 nitrogen and oxygen atoms in total. The van der Waals surface area contributed by atoms with Gasteiger partial charge in [0.05, 0.1) is 24.1 Å². The molecule has 0 aromatic heterocycles. The molecule has 0 atom stereocenters. The van der Waals surface area contributed by atoms with Gasteiger partial charge >= 0.3 is 5.76 Å². The Labute approximate surface area is 153 Å². The van der Waals surface area contributed by atoms with E-state index in [0.717, 1.165) is 12.1 Å². The van der Waals surface area contributed by atoms with Crippen LogP contribution in [0.2, 0.25) is 5.02 Å². The number of anilines is 1. The molecular formula is C16H14ClF2NO5S. The van der Waals surface area contributed by atoms with E-state index in [1.807, 2.05) is 0 Å². The molecule has 0 aliphatic carbocycles. The van der Waals surface area contributed by atoms with E-state index in [9.17, 15) is 22.0 Å². The Balaban J connectivity index is 2.24. The molecule has 0 saturated carbocycles. The van der Waals surface area contributed by atoms with Crippen molar-refractivity contribution in [1.82, 2.24) is 0 Å². The van der Waals surface area contributed by atoms with E-state index in [2.05, 4.69) is 5.32 Å². The molecule has 10 heteroatoms. The second kappa shape index (κ2) is 7.88. The number of amides is 1. The fourth-order valence-electron chi connectivity index (χ4n) is 2.08. The van der Waals surface area contributed by atoms with E-state index in [-0.39, 0.29) is 27.8 Å². The number of hydrogen-bond donors (Lipinski definition) is 1. The number of halogens is 3. The van der Waals surface area contributed by atoms with Crippen molar-refractivity contribution in [3.8, 4) is 11.5 Å². The normalized spacial score (nSPS) is 11.3. The number of carbonyl (C=O) groups excluding carboxylic acids is 1. The van der Waals surface area contributed by atoms with Crippen LogP contribution in [-0.2, 0) is 9.84 Å². The predicted octanol–water partition coefficient (Wildman–Crippen LogP) is 3.61. The second-order valence-corrected chi connectivity index (χ2v) is 7.30. The van der Waals surface area contributed by atoms with Gasteiger partial charge in [0.25, 0.3) is 5.91 Å². The van der Waals surface area contributed by atoms with Crippen LogP contribution in [0.1, 0.15) is 10.4 Å². The molecule has 140 valence electrons. The van der Waals surface area contributed by atoms with Crippen molar-refractivity contribution in [3.63, 3.8) is 0 Å². The van der Waals surface area contributed by atoms with Gasteiger partial charge in [-0.1, -0.05) is 11.6 Å². The highest BCUT2D eigenvalue weighted by atomic mass is 35.5. The Morgan fingerprint density at radius 1 is 1.12 bits per heavy atom. The van der Waals surface area contributed by atoms with Gasteiger partial charge in [0.2, 0.25) is 9.84 Å². The van der Waals surface area contributed by atoms with Crippen molar-refractivity contribution in [1.29, 1.82) is 0 Å². The Bertz CT molecular complexity index is 917. The first-order valence-corrected chi connectivity index (χ1v) is 8.98. The van der Waals surface area contributed by atoms with Gasteiger partial charge in [0, 0.05) is 11.3 Å². The zero-order chi connectivity index (χ0) is 19.5. The van der Waals surface area contributed by atoms with Crippen molar-refractivity contribution in [2.45, 2.75) is 10.7 Å². The predicted molar refractivity (Wildman–Crippen MR) is 92.1 cm³/mol. The summed E-state index contributed by atoms with van der Waals surface area (Å²) in [6.07, 6.45) is 0. The van der Waals surface area contributed by atoms with Crippen molar-refractivity contribution in [2.24, 2.45) is 0 Å². The molecule has 1 N–H and O–H groups in total. The van der Waals surface area contributed by atoms with Gasteiger partial charge in [-0.3, -0.25) is 4.79 Å². The third kappa shape index (κ3) is 4.05. The largest absolute Gasteiger partial charge is 0.493 e. The Morgan fingerprint density at radius 3 is 2.23 bits per heavy atom. The molecule has 0 aliphatic heterocycles. The van der Waals surface area contributed by atoms with E-state index in [0.29, 0.717) is 0 Å². The second-order valence-electron chi connectivity index (χ2n) is 4.98. The molecule has 2 rings (SSSR count). The summed E-state index contributed by atoms with van der Waals surface area (Å²) in [4.78, 5) is 11.8. The van der Waals surface area contributed by atoms with Crippen molar-refractivity contribution in [3.05, 3.63) is 47.0 Å². The van der Waals surface area contributed by atoms with Gasteiger partial charge < -0.3 is 14.8 Å². The average molecular weight is 406 g/mol. The molecule has 1 amide bonds. The number of nitrogens with one attached hydrogen (secondary N) is 1. The number of ether oxygens (including phenoxy) is 2. The van der Waals surface area contributed by atoms with Crippen LogP contribution in [0.25, 0.3) is 0 Å². The van der Waals surface area contributed by atoms with Gasteiger partial charge in [-0.15, -0.1) is 0 Å². The van der Waals surface area contributed by atoms with Gasteiger partial charge in [-0.05, 0) is 36.4 Å². The number of methoxy groups -OCH3 is 2.